The first-order valence-corrected chi connectivity index (χ1v) is 12.8. The van der Waals surface area contributed by atoms with Crippen LogP contribution in [0.1, 0.15) is 85.9 Å². The van der Waals surface area contributed by atoms with E-state index in [1.54, 1.807) is 0 Å². The number of carbonyl (C=O) groups excluding carboxylic acids is 1. The van der Waals surface area contributed by atoms with Crippen LogP contribution in [0.4, 0.5) is 0 Å². The number of hydrogen-bond acceptors (Lipinski definition) is 2. The summed E-state index contributed by atoms with van der Waals surface area (Å²) in [6, 6.07) is 9.41. The Morgan fingerprint density at radius 1 is 1.11 bits per heavy atom. The van der Waals surface area contributed by atoms with Gasteiger partial charge in [-0.05, 0) is 41.4 Å². The van der Waals surface area contributed by atoms with Gasteiger partial charge < -0.3 is 4.43 Å². The lowest BCUT2D eigenvalue weighted by atomic mass is 9.77. The van der Waals surface area contributed by atoms with E-state index in [9.17, 15) is 4.79 Å². The van der Waals surface area contributed by atoms with Crippen molar-refractivity contribution in [3.05, 3.63) is 47.2 Å². The van der Waals surface area contributed by atoms with Gasteiger partial charge in [0.2, 0.25) is 0 Å². The molecule has 0 amide bonds. The Kier molecular flexibility index (Phi) is 6.97. The molecule has 1 aromatic rings. The number of benzene rings is 1. The Hall–Kier alpha value is -1.35. The van der Waals surface area contributed by atoms with Crippen LogP contribution < -0.4 is 0 Å². The molecule has 0 N–H and O–H groups in total. The minimum absolute atomic E-state index is 0.0371. The third kappa shape index (κ3) is 4.39. The highest BCUT2D eigenvalue weighted by atomic mass is 28.4. The fourth-order valence-electron chi connectivity index (χ4n) is 4.69. The second-order valence-electron chi connectivity index (χ2n) is 8.79. The van der Waals surface area contributed by atoms with Crippen molar-refractivity contribution in [1.82, 2.24) is 0 Å². The van der Waals surface area contributed by atoms with Gasteiger partial charge in [-0.15, -0.1) is 0 Å². The van der Waals surface area contributed by atoms with Crippen molar-refractivity contribution in [2.24, 2.45) is 5.92 Å². The average molecular weight is 388 g/mol. The highest BCUT2D eigenvalue weighted by molar-refractivity contribution is 6.77. The molecule has 2 rings (SSSR count). The highest BCUT2D eigenvalue weighted by Gasteiger charge is 2.50. The average Bonchev–Trinajstić information content (AvgIpc) is 2.64. The molecule has 0 saturated carbocycles. The Bertz CT molecular complexity index is 672. The van der Waals surface area contributed by atoms with Crippen LogP contribution in [0.5, 0.6) is 0 Å². The van der Waals surface area contributed by atoms with Crippen molar-refractivity contribution < 1.29 is 10.6 Å². The first kappa shape index (κ1) is 20.4. The summed E-state index contributed by atoms with van der Waals surface area (Å²) in [5, 5.41) is 0. The molecule has 1 aliphatic rings. The van der Waals surface area contributed by atoms with Gasteiger partial charge in [0.1, 0.15) is 0 Å². The van der Waals surface area contributed by atoms with Crippen LogP contribution in [0.15, 0.2) is 41.7 Å². The van der Waals surface area contributed by atoms with Gasteiger partial charge in [-0.1, -0.05) is 85.2 Å². The Morgan fingerprint density at radius 2 is 1.67 bits per heavy atom. The maximum Gasteiger partial charge on any atom is 0.258 e. The van der Waals surface area contributed by atoms with E-state index >= 15 is 0 Å². The maximum absolute atomic E-state index is 13.2. The van der Waals surface area contributed by atoms with E-state index in [1.807, 2.05) is 30.3 Å². The lowest BCUT2D eigenvalue weighted by Crippen LogP contribution is -2.49. The molecule has 0 bridgehead atoms. The minimum atomic E-state index is -2.15. The molecule has 1 aromatic carbocycles. The Balaban J connectivity index is 2.46. The van der Waals surface area contributed by atoms with E-state index in [1.165, 1.54) is 0 Å². The molecule has 2 atom stereocenters. The molecule has 27 heavy (non-hydrogen) atoms. The van der Waals surface area contributed by atoms with Crippen LogP contribution >= 0.6 is 0 Å². The summed E-state index contributed by atoms with van der Waals surface area (Å²) < 4.78 is 15.7. The molecule has 0 heterocycles. The second-order valence-corrected chi connectivity index (χ2v) is 14.2. The van der Waals surface area contributed by atoms with Gasteiger partial charge in [0.25, 0.3) is 8.32 Å². The molecule has 1 aliphatic carbocycles. The summed E-state index contributed by atoms with van der Waals surface area (Å²) in [6.45, 7) is 15.8. The first-order valence-electron chi connectivity index (χ1n) is 11.2. The van der Waals surface area contributed by atoms with Gasteiger partial charge in [0.05, 0.1) is 11.7 Å². The molecule has 0 aromatic heterocycles. The van der Waals surface area contributed by atoms with Crippen molar-refractivity contribution in [3.63, 3.8) is 0 Å². The summed E-state index contributed by atoms with van der Waals surface area (Å²) in [5.41, 5.74) is 3.10. The molecule has 0 saturated heterocycles. The third-order valence-electron chi connectivity index (χ3n) is 6.10. The number of allylic oxidation sites excluding steroid dienone is 2. The molecule has 0 radical (unpaired) electrons. The van der Waals surface area contributed by atoms with E-state index in [0.29, 0.717) is 22.2 Å². The van der Waals surface area contributed by atoms with Gasteiger partial charge in [-0.25, -0.2) is 0 Å². The van der Waals surface area contributed by atoms with Crippen LogP contribution in [0.3, 0.4) is 0 Å². The van der Waals surface area contributed by atoms with Gasteiger partial charge in [-0.3, -0.25) is 4.79 Å². The normalized spacial score (nSPS) is 20.9. The standard InChI is InChI=1S/C24H38O2Si/c1-8-9-13-21-16-22(23(25)20-14-11-10-12-15-20)24(21)26-27(17(2)3,18(4)5)19(6)7/h10-12,14-15,17-19,22H,8-9,13,16H2,1-7H3/t22-/m1/s1/i16D/t16-,22-. The number of Topliss-reactive ketones (excluding diaryl/α,β-unsaturated/α-hetero) is 1. The van der Waals surface area contributed by atoms with Crippen LogP contribution in [0.25, 0.3) is 0 Å². The number of ketones is 1. The molecule has 0 aliphatic heterocycles. The van der Waals surface area contributed by atoms with Crippen molar-refractivity contribution >= 4 is 14.1 Å². The van der Waals surface area contributed by atoms with E-state index in [2.05, 4.69) is 48.5 Å². The fraction of sp³-hybridized carbons (Fsp3) is 0.625. The smallest absolute Gasteiger partial charge is 0.258 e. The number of rotatable bonds is 10. The topological polar surface area (TPSA) is 26.3 Å². The Labute approximate surface area is 168 Å². The number of unbranched alkanes of at least 4 members (excludes halogenated alkanes) is 1. The van der Waals surface area contributed by atoms with Crippen molar-refractivity contribution in [2.45, 2.75) is 90.7 Å². The molecular weight excluding hydrogens is 348 g/mol. The third-order valence-corrected chi connectivity index (χ3v) is 12.1. The zero-order chi connectivity index (χ0) is 21.1. The van der Waals surface area contributed by atoms with Gasteiger partial charge in [-0.2, -0.15) is 0 Å². The quantitative estimate of drug-likeness (QED) is 0.306. The summed E-state index contributed by atoms with van der Waals surface area (Å²) in [4.78, 5) is 13.2. The highest BCUT2D eigenvalue weighted by Crippen LogP contribution is 2.49. The van der Waals surface area contributed by atoms with E-state index in [4.69, 9.17) is 5.80 Å². The van der Waals surface area contributed by atoms with Gasteiger partial charge in [0, 0.05) is 6.93 Å². The predicted molar refractivity (Wildman–Crippen MR) is 118 cm³/mol. The molecule has 0 fully saturated rings. The zero-order valence-electron chi connectivity index (χ0n) is 19.2. The minimum Gasteiger partial charge on any atom is -0.545 e. The van der Waals surface area contributed by atoms with Crippen LogP contribution in [0, 0.1) is 5.92 Å². The zero-order valence-corrected chi connectivity index (χ0v) is 19.2. The van der Waals surface area contributed by atoms with Crippen LogP contribution in [-0.4, -0.2) is 14.1 Å². The van der Waals surface area contributed by atoms with E-state index in [-0.39, 0.29) is 5.78 Å². The summed E-state index contributed by atoms with van der Waals surface area (Å²) >= 11 is 0. The molecular formula is C24H38O2Si. The first-order chi connectivity index (χ1) is 13.2. The largest absolute Gasteiger partial charge is 0.545 e. The molecule has 150 valence electrons. The number of carbonyl (C=O) groups is 1. The fourth-order valence-corrected chi connectivity index (χ4v) is 10.0. The van der Waals surface area contributed by atoms with Crippen LogP contribution in [-0.2, 0) is 4.43 Å². The molecule has 3 heteroatoms. The Morgan fingerprint density at radius 3 is 2.15 bits per heavy atom. The second kappa shape index (κ2) is 9.23. The molecule has 0 spiro atoms. The van der Waals surface area contributed by atoms with Gasteiger partial charge >= 0.3 is 0 Å². The molecule has 2 nitrogen and oxygen atoms in total. The summed E-state index contributed by atoms with van der Waals surface area (Å²) in [6.07, 6.45) is 2.54. The van der Waals surface area contributed by atoms with Crippen molar-refractivity contribution in [1.29, 1.82) is 0 Å². The van der Waals surface area contributed by atoms with Crippen molar-refractivity contribution in [3.8, 4) is 0 Å². The lowest BCUT2D eigenvalue weighted by molar-refractivity contribution is 0.0885. The lowest BCUT2D eigenvalue weighted by Gasteiger charge is -2.47. The number of hydrogen-bond donors (Lipinski definition) is 0. The summed E-state index contributed by atoms with van der Waals surface area (Å²) in [7, 11) is -2.15. The van der Waals surface area contributed by atoms with Crippen LogP contribution in [0.2, 0.25) is 16.6 Å². The SMILES string of the molecule is [2H][C@@H]1C(CCCC)=C(O[Si](C(C)C)(C(C)C)C(C)C)[C@H]1C(=O)c1ccccc1. The predicted octanol–water partition coefficient (Wildman–Crippen LogP) is 7.53. The van der Waals surface area contributed by atoms with Crippen molar-refractivity contribution in [2.75, 3.05) is 0 Å². The molecule has 0 unspecified atom stereocenters. The monoisotopic (exact) mass is 387 g/mol. The van der Waals surface area contributed by atoms with Gasteiger partial charge in [0.15, 0.2) is 5.78 Å². The van der Waals surface area contributed by atoms with E-state index < -0.39 is 20.6 Å². The maximum atomic E-state index is 13.2. The summed E-state index contributed by atoms with van der Waals surface area (Å²) in [5.74, 6) is 0.442. The van der Waals surface area contributed by atoms with E-state index in [0.717, 1.165) is 30.6 Å².